The minimum Gasteiger partial charge on any atom is -0.306 e. The van der Waals surface area contributed by atoms with Crippen molar-refractivity contribution in [3.8, 4) is 0 Å². The largest absolute Gasteiger partial charge is 0.411 e. The normalized spacial score (nSPS) is 9.64. The minimum absolute atomic E-state index is 0.171. The van der Waals surface area contributed by atoms with Crippen LogP contribution in [0.5, 0.6) is 0 Å². The van der Waals surface area contributed by atoms with E-state index in [4.69, 9.17) is 0 Å². The van der Waals surface area contributed by atoms with Gasteiger partial charge in [-0.25, -0.2) is 4.79 Å². The fourth-order valence-corrected chi connectivity index (χ4v) is 1.27. The van der Waals surface area contributed by atoms with Crippen LogP contribution >= 0.6 is 11.8 Å². The van der Waals surface area contributed by atoms with E-state index in [1.807, 2.05) is 11.8 Å². The molecule has 4 N–H and O–H groups in total. The van der Waals surface area contributed by atoms with Gasteiger partial charge in [-0.05, 0) is 24.9 Å². The average Bonchev–Trinajstić information content (AvgIpc) is 1.96. The summed E-state index contributed by atoms with van der Waals surface area (Å²) in [4.78, 5) is 10.3. The van der Waals surface area contributed by atoms with Gasteiger partial charge in [0, 0.05) is 6.54 Å². The van der Waals surface area contributed by atoms with Gasteiger partial charge in [0.1, 0.15) is 0 Å². The summed E-state index contributed by atoms with van der Waals surface area (Å²) in [6.07, 6.45) is 5.62. The van der Waals surface area contributed by atoms with Crippen molar-refractivity contribution < 1.29 is 10.5 Å². The first kappa shape index (κ1) is 10.8. The van der Waals surface area contributed by atoms with Gasteiger partial charge in [0.2, 0.25) is 0 Å². The van der Waals surface area contributed by atoms with E-state index in [1.54, 1.807) is 0 Å². The molecule has 0 aliphatic heterocycles. The van der Waals surface area contributed by atoms with Crippen LogP contribution < -0.4 is 11.1 Å². The Bertz CT molecular complexity index is 109. The van der Waals surface area contributed by atoms with Gasteiger partial charge in [0.05, 0.1) is 0 Å². The molecular formula is C7H17N2OS+. The highest BCUT2D eigenvalue weighted by Crippen LogP contribution is 2.00. The van der Waals surface area contributed by atoms with Crippen LogP contribution in [0.25, 0.3) is 0 Å². The molecule has 0 aliphatic rings. The number of unbranched alkanes of at least 4 members (excludes halogenated alkanes) is 2. The first-order chi connectivity index (χ1) is 5.27. The molecule has 11 heavy (non-hydrogen) atoms. The molecule has 66 valence electrons. The fourth-order valence-electron chi connectivity index (χ4n) is 0.776. The summed E-state index contributed by atoms with van der Waals surface area (Å²) in [5, 5.41) is 2.67. The summed E-state index contributed by atoms with van der Waals surface area (Å²) < 4.78 is 0. The molecule has 0 aromatic heterocycles. The second kappa shape index (κ2) is 7.88. The number of thioether (sulfide) groups is 1. The van der Waals surface area contributed by atoms with Crippen molar-refractivity contribution in [2.45, 2.75) is 19.3 Å². The predicted octanol–water partition coefficient (Wildman–Crippen LogP) is 0.471. The Kier molecular flexibility index (Phi) is 7.72. The number of urea groups is 1. The number of carbonyl (C=O) groups is 1. The van der Waals surface area contributed by atoms with E-state index in [-0.39, 0.29) is 6.03 Å². The molecule has 0 heterocycles. The molecule has 0 aliphatic carbocycles. The Balaban J connectivity index is 2.85. The van der Waals surface area contributed by atoms with E-state index in [0.717, 1.165) is 13.0 Å². The number of nitrogens with one attached hydrogen (secondary N) is 1. The molecule has 3 nitrogen and oxygen atoms in total. The highest BCUT2D eigenvalue weighted by atomic mass is 32.2. The van der Waals surface area contributed by atoms with E-state index < -0.39 is 0 Å². The van der Waals surface area contributed by atoms with Crippen LogP contribution in [0.2, 0.25) is 0 Å². The summed E-state index contributed by atoms with van der Waals surface area (Å²) in [7, 11) is 0. The fraction of sp³-hybridized carbons (Fsp3) is 0.857. The number of amides is 2. The zero-order valence-electron chi connectivity index (χ0n) is 7.06. The highest BCUT2D eigenvalue weighted by molar-refractivity contribution is 7.98. The molecule has 0 radical (unpaired) electrons. The summed E-state index contributed by atoms with van der Waals surface area (Å²) in [6, 6.07) is -0.171. The second-order valence-corrected chi connectivity index (χ2v) is 3.39. The standard InChI is InChI=1S/C7H16N2OS/c1-11-6-4-2-3-5-9-7(8)10/h2-6H2,1H3,(H3,8,9,10)/p+1. The number of carbonyl (C=O) groups excluding carboxylic acids is 1. The number of quaternary nitrogens is 1. The van der Waals surface area contributed by atoms with Crippen LogP contribution in [0, 0.1) is 0 Å². The molecule has 0 bridgehead atoms. The summed E-state index contributed by atoms with van der Waals surface area (Å²) in [6.45, 7) is 0.775. The Morgan fingerprint density at radius 1 is 1.45 bits per heavy atom. The molecule has 0 aromatic rings. The summed E-state index contributed by atoms with van der Waals surface area (Å²) in [5.41, 5.74) is 3.22. The third-order valence-electron chi connectivity index (χ3n) is 1.35. The molecule has 4 heteroatoms. The molecule has 0 atom stereocenters. The maximum Gasteiger partial charge on any atom is 0.411 e. The van der Waals surface area contributed by atoms with E-state index in [1.165, 1.54) is 18.6 Å². The lowest BCUT2D eigenvalue weighted by Crippen LogP contribution is -2.62. The lowest BCUT2D eigenvalue weighted by atomic mass is 10.2. The van der Waals surface area contributed by atoms with Crippen molar-refractivity contribution in [2.24, 2.45) is 0 Å². The number of rotatable bonds is 6. The summed E-state index contributed by atoms with van der Waals surface area (Å²) in [5.74, 6) is 1.22. The van der Waals surface area contributed by atoms with Crippen LogP contribution in [0.4, 0.5) is 4.79 Å². The van der Waals surface area contributed by atoms with Crippen LogP contribution in [-0.2, 0) is 0 Å². The van der Waals surface area contributed by atoms with Gasteiger partial charge in [-0.15, -0.1) is 0 Å². The molecule has 0 rings (SSSR count). The van der Waals surface area contributed by atoms with Gasteiger partial charge >= 0.3 is 6.03 Å². The van der Waals surface area contributed by atoms with E-state index >= 15 is 0 Å². The van der Waals surface area contributed by atoms with Gasteiger partial charge in [-0.2, -0.15) is 11.8 Å². The predicted molar refractivity (Wildman–Crippen MR) is 48.5 cm³/mol. The molecule has 0 unspecified atom stereocenters. The smallest absolute Gasteiger partial charge is 0.306 e. The monoisotopic (exact) mass is 177 g/mol. The van der Waals surface area contributed by atoms with Gasteiger partial charge in [0.15, 0.2) is 0 Å². The van der Waals surface area contributed by atoms with Crippen molar-refractivity contribution in [1.29, 1.82) is 0 Å². The molecule has 0 aromatic carbocycles. The van der Waals surface area contributed by atoms with Crippen molar-refractivity contribution >= 4 is 17.8 Å². The van der Waals surface area contributed by atoms with Gasteiger partial charge in [-0.1, -0.05) is 6.42 Å². The van der Waals surface area contributed by atoms with Crippen molar-refractivity contribution in [1.82, 2.24) is 5.32 Å². The van der Waals surface area contributed by atoms with Crippen molar-refractivity contribution in [3.63, 3.8) is 0 Å². The zero-order valence-corrected chi connectivity index (χ0v) is 7.88. The third kappa shape index (κ3) is 9.78. The molecule has 0 fully saturated rings. The molecule has 0 spiro atoms. The summed E-state index contributed by atoms with van der Waals surface area (Å²) >= 11 is 1.87. The molecular weight excluding hydrogens is 160 g/mol. The first-order valence-corrected chi connectivity index (χ1v) is 5.25. The highest BCUT2D eigenvalue weighted by Gasteiger charge is 1.93. The van der Waals surface area contributed by atoms with Gasteiger partial charge in [-0.3, -0.25) is 5.73 Å². The zero-order chi connectivity index (χ0) is 8.53. The Labute approximate surface area is 72.1 Å². The van der Waals surface area contributed by atoms with Crippen LogP contribution in [0.15, 0.2) is 0 Å². The lowest BCUT2D eigenvalue weighted by molar-refractivity contribution is -0.250. The minimum atomic E-state index is -0.171. The van der Waals surface area contributed by atoms with E-state index in [0.29, 0.717) is 0 Å². The van der Waals surface area contributed by atoms with Crippen molar-refractivity contribution in [2.75, 3.05) is 18.6 Å². The second-order valence-electron chi connectivity index (χ2n) is 2.40. The Morgan fingerprint density at radius 2 is 2.18 bits per heavy atom. The van der Waals surface area contributed by atoms with Gasteiger partial charge < -0.3 is 5.32 Å². The molecule has 0 saturated carbocycles. The number of hydrogen-bond acceptors (Lipinski definition) is 2. The van der Waals surface area contributed by atoms with E-state index in [2.05, 4.69) is 17.3 Å². The number of hydrogen-bond donors (Lipinski definition) is 2. The quantitative estimate of drug-likeness (QED) is 0.579. The van der Waals surface area contributed by atoms with Crippen LogP contribution in [-0.4, -0.2) is 24.6 Å². The molecule has 2 amide bonds. The third-order valence-corrected chi connectivity index (χ3v) is 2.04. The average molecular weight is 177 g/mol. The maximum atomic E-state index is 10.3. The van der Waals surface area contributed by atoms with Gasteiger partial charge in [0.25, 0.3) is 0 Å². The maximum absolute atomic E-state index is 10.3. The topological polar surface area (TPSA) is 56.7 Å². The van der Waals surface area contributed by atoms with Crippen molar-refractivity contribution in [3.05, 3.63) is 0 Å². The first-order valence-electron chi connectivity index (χ1n) is 3.86. The Morgan fingerprint density at radius 3 is 2.73 bits per heavy atom. The van der Waals surface area contributed by atoms with E-state index in [9.17, 15) is 4.79 Å². The SMILES string of the molecule is CSCCCCCNC([NH3+])=O. The molecule has 0 saturated heterocycles. The van der Waals surface area contributed by atoms with Crippen LogP contribution in [0.3, 0.4) is 0 Å². The Hall–Kier alpha value is -0.220. The van der Waals surface area contributed by atoms with Crippen LogP contribution in [0.1, 0.15) is 19.3 Å². The lowest BCUT2D eigenvalue weighted by Gasteiger charge is -1.98.